The molecule has 2 saturated carbocycles. The Labute approximate surface area is 507 Å². The molecule has 0 aromatic rings. The van der Waals surface area contributed by atoms with Crippen LogP contribution in [0.15, 0.2) is 24.3 Å². The first-order chi connectivity index (χ1) is 36.7. The van der Waals surface area contributed by atoms with Gasteiger partial charge in [0.15, 0.2) is 0 Å². The van der Waals surface area contributed by atoms with E-state index in [-0.39, 0.29) is 76.7 Å². The number of fused-ring (bicyclic) bond motifs is 4. The summed E-state index contributed by atoms with van der Waals surface area (Å²) in [5, 5.41) is 11.1. The van der Waals surface area contributed by atoms with Gasteiger partial charge in [0.25, 0.3) is 0 Å². The maximum absolute atomic E-state index is 13.8. The second kappa shape index (κ2) is 32.6. The van der Waals surface area contributed by atoms with Crippen molar-refractivity contribution < 1.29 is 102 Å². The number of carbonyl (C=O) groups excluding carboxylic acids is 10. The number of halogens is 2. The average Bonchev–Trinajstić information content (AvgIpc) is 4.10. The van der Waals surface area contributed by atoms with Gasteiger partial charge in [0.1, 0.15) is 58.7 Å². The quantitative estimate of drug-likeness (QED) is 0.0893. The van der Waals surface area contributed by atoms with Crippen molar-refractivity contribution in [1.82, 2.24) is 31.1 Å². The van der Waals surface area contributed by atoms with Gasteiger partial charge in [0, 0.05) is 75.8 Å². The van der Waals surface area contributed by atoms with Crippen molar-refractivity contribution in [3.8, 4) is 0 Å². The standard InChI is InChI=1S/2C27H41N3O8.I2.Li.H2O.H/c2*1-6-36-24(34)27-15-18(27)12-10-8-7-9-11-13-20(28-25(35)38-26(3,4)5)23(33)30-16-19(37-17(2)31)14-21(30)22(32)29-27;1-2;;;/h2*10,12,18-21H,6-9,11,13-16H2,1-5H3,(H,28,35)(H,29,32);;;1H2;/q;;;+1;;-1/b2*12-10-;;;;/t2*18-,19-,20+,21+,27-;;;;/m11..../s1. The van der Waals surface area contributed by atoms with Gasteiger partial charge in [-0.3, -0.25) is 28.8 Å². The third-order valence-corrected chi connectivity index (χ3v) is 13.8. The topological polar surface area (TPSA) is 312 Å². The zero-order chi connectivity index (χ0) is 58.2. The minimum Gasteiger partial charge on any atom is -1.00 e. The SMILES string of the molecule is CCOC(=O)[C@@]12C[C@H]1/C=C\CCCCC[C@H](NC(=O)OC(C)(C)C)C(=O)N1C[C@H](OC(C)=O)C[C@H]1C(=O)N2.CCOC(=O)[C@@]12C[C@H]1/C=C\CCCCC[C@H](NC(=O)OC(C)(C)C)C(=O)N1C[C@H](OC(C)=O)C[C@H]1C(=O)N2.II.O.[H-].[Li+]. The molecule has 23 nitrogen and oxygen atoms in total. The van der Waals surface area contributed by atoms with Crippen molar-refractivity contribution in [1.29, 1.82) is 0 Å². The summed E-state index contributed by atoms with van der Waals surface area (Å²) in [4.78, 5) is 132. The van der Waals surface area contributed by atoms with Gasteiger partial charge in [-0.05, 0) is 107 Å². The van der Waals surface area contributed by atoms with E-state index in [9.17, 15) is 47.9 Å². The predicted molar refractivity (Wildman–Crippen MR) is 306 cm³/mol. The Kier molecular flexibility index (Phi) is 29.3. The number of hydrogen-bond donors (Lipinski definition) is 4. The molecule has 6 aliphatic rings. The van der Waals surface area contributed by atoms with Crippen LogP contribution in [0.1, 0.15) is 161 Å². The molecule has 4 fully saturated rings. The van der Waals surface area contributed by atoms with Gasteiger partial charge in [0.05, 0.1) is 26.3 Å². The molecule has 6 amide bonds. The number of alkyl carbamates (subject to hydrolysis) is 2. The van der Waals surface area contributed by atoms with Gasteiger partial charge >= 0.3 is 54.9 Å². The number of nitrogens with one attached hydrogen (secondary N) is 4. The van der Waals surface area contributed by atoms with E-state index in [0.717, 1.165) is 38.5 Å². The molecular formula is C54H85I2LiN6O17. The fourth-order valence-electron chi connectivity index (χ4n) is 10.2. The molecule has 0 bridgehead atoms. The second-order valence-corrected chi connectivity index (χ2v) is 22.5. The van der Waals surface area contributed by atoms with E-state index in [1.165, 1.54) is 23.6 Å². The maximum Gasteiger partial charge on any atom is 1.00 e. The molecule has 80 heavy (non-hydrogen) atoms. The number of ether oxygens (including phenoxy) is 6. The van der Waals surface area contributed by atoms with Crippen molar-refractivity contribution >= 4 is 96.9 Å². The molecule has 26 heteroatoms. The molecule has 2 aliphatic carbocycles. The molecule has 10 atom stereocenters. The molecule has 2 saturated heterocycles. The summed E-state index contributed by atoms with van der Waals surface area (Å²) in [5.41, 5.74) is -3.88. The zero-order valence-corrected chi connectivity index (χ0v) is 52.7. The van der Waals surface area contributed by atoms with Crippen LogP contribution in [0.25, 0.3) is 0 Å². The van der Waals surface area contributed by atoms with E-state index in [1.54, 1.807) is 55.4 Å². The van der Waals surface area contributed by atoms with Crippen molar-refractivity contribution in [3.05, 3.63) is 24.3 Å². The Hall–Kier alpha value is -4.20. The largest absolute Gasteiger partial charge is 1.00 e. The van der Waals surface area contributed by atoms with Crippen LogP contribution in [-0.4, -0.2) is 160 Å². The van der Waals surface area contributed by atoms with Crippen LogP contribution in [0.2, 0.25) is 0 Å². The van der Waals surface area contributed by atoms with Crippen LogP contribution in [0.3, 0.4) is 0 Å². The third kappa shape index (κ3) is 21.2. The van der Waals surface area contributed by atoms with E-state index < -0.39 is 118 Å². The molecule has 0 radical (unpaired) electrons. The minimum absolute atomic E-state index is 0. The van der Waals surface area contributed by atoms with Gasteiger partial charge in [-0.25, -0.2) is 19.2 Å². The van der Waals surface area contributed by atoms with Crippen LogP contribution in [0.4, 0.5) is 9.59 Å². The molecule has 6 N–H and O–H groups in total. The molecule has 448 valence electrons. The smallest absolute Gasteiger partial charge is 1.00 e. The van der Waals surface area contributed by atoms with E-state index in [2.05, 4.69) is 58.5 Å². The third-order valence-electron chi connectivity index (χ3n) is 13.8. The average molecular weight is 1350 g/mol. The Morgan fingerprint density at radius 3 is 1.29 bits per heavy atom. The zero-order valence-electron chi connectivity index (χ0n) is 49.3. The Balaban J connectivity index is 0.000000759. The Bertz CT molecular complexity index is 2100. The van der Waals surface area contributed by atoms with Gasteiger partial charge in [-0.1, -0.05) is 50.0 Å². The maximum atomic E-state index is 13.8. The van der Waals surface area contributed by atoms with E-state index >= 15 is 0 Å². The number of nitrogens with zero attached hydrogens (tertiary/aromatic N) is 2. The Morgan fingerprint density at radius 2 is 0.975 bits per heavy atom. The molecule has 0 unspecified atom stereocenters. The monoisotopic (exact) mass is 1350 g/mol. The van der Waals surface area contributed by atoms with E-state index in [4.69, 9.17) is 28.4 Å². The van der Waals surface area contributed by atoms with Crippen LogP contribution >= 0.6 is 37.2 Å². The summed E-state index contributed by atoms with van der Waals surface area (Å²) in [6.07, 6.45) is 13.1. The number of esters is 4. The summed E-state index contributed by atoms with van der Waals surface area (Å²) < 4.78 is 32.0. The van der Waals surface area contributed by atoms with Crippen LogP contribution in [-0.2, 0) is 66.8 Å². The van der Waals surface area contributed by atoms with Crippen LogP contribution in [0, 0.1) is 11.8 Å². The first-order valence-electron chi connectivity index (χ1n) is 27.1. The normalized spacial score (nSPS) is 29.4. The van der Waals surface area contributed by atoms with Crippen molar-refractivity contribution in [2.75, 3.05) is 26.3 Å². The van der Waals surface area contributed by atoms with Gasteiger partial charge < -0.3 is 66.4 Å². The summed E-state index contributed by atoms with van der Waals surface area (Å²) in [7, 11) is 0. The molecule has 6 rings (SSSR count). The van der Waals surface area contributed by atoms with Gasteiger partial charge in [-0.15, -0.1) is 0 Å². The van der Waals surface area contributed by atoms with Crippen LogP contribution in [0.5, 0.6) is 0 Å². The minimum atomic E-state index is -1.19. The molecule has 4 heterocycles. The fourth-order valence-corrected chi connectivity index (χ4v) is 10.2. The molecular weight excluding hydrogens is 1270 g/mol. The molecule has 0 spiro atoms. The van der Waals surface area contributed by atoms with Crippen molar-refractivity contribution in [3.63, 3.8) is 0 Å². The summed E-state index contributed by atoms with van der Waals surface area (Å²) in [5.74, 6) is -4.45. The van der Waals surface area contributed by atoms with Crippen molar-refractivity contribution in [2.45, 2.75) is 218 Å². The number of amides is 6. The fraction of sp³-hybridized carbons (Fsp3) is 0.741. The molecule has 0 aromatic heterocycles. The number of hydrogen-bond acceptors (Lipinski definition) is 16. The van der Waals surface area contributed by atoms with Gasteiger partial charge in [0.2, 0.25) is 23.6 Å². The van der Waals surface area contributed by atoms with Crippen LogP contribution < -0.4 is 40.1 Å². The summed E-state index contributed by atoms with van der Waals surface area (Å²) >= 11 is 4.24. The first-order valence-corrected chi connectivity index (χ1v) is 33.4. The second-order valence-electron chi connectivity index (χ2n) is 22.5. The summed E-state index contributed by atoms with van der Waals surface area (Å²) in [6.45, 7) is 16.7. The Morgan fingerprint density at radius 1 is 0.625 bits per heavy atom. The number of allylic oxidation sites excluding steroid dienone is 2. The van der Waals surface area contributed by atoms with Crippen molar-refractivity contribution in [2.24, 2.45) is 11.8 Å². The van der Waals surface area contributed by atoms with E-state index in [0.29, 0.717) is 38.5 Å². The van der Waals surface area contributed by atoms with E-state index in [1.807, 2.05) is 24.3 Å². The summed E-state index contributed by atoms with van der Waals surface area (Å²) in [6, 6.07) is -3.83. The molecule has 4 aliphatic heterocycles. The number of carbonyl (C=O) groups is 10. The van der Waals surface area contributed by atoms with Gasteiger partial charge in [-0.2, -0.15) is 0 Å². The first kappa shape index (κ1) is 71.9. The number of rotatable bonds is 8. The predicted octanol–water partition coefficient (Wildman–Crippen LogP) is 2.80. The molecule has 0 aromatic carbocycles.